The normalized spacial score (nSPS) is 10.4. The maximum atomic E-state index is 12.5. The van der Waals surface area contributed by atoms with Crippen LogP contribution in [0.1, 0.15) is 44.6 Å². The maximum Gasteiger partial charge on any atom is 0.340 e. The Morgan fingerprint density at radius 1 is 0.963 bits per heavy atom. The average Bonchev–Trinajstić information content (AvgIpc) is 2.94. The van der Waals surface area contributed by atoms with Gasteiger partial charge in [-0.1, -0.05) is 12.1 Å². The molecule has 1 N–H and O–H groups in total. The number of Topliss-reactive ketones (excluding diaryl/α,β-unsaturated/α-hetero) is 1. The number of carbonyl (C=O) groups is 3. The Morgan fingerprint density at radius 3 is 2.19 bits per heavy atom. The van der Waals surface area contributed by atoms with Crippen LogP contribution in [-0.2, 0) is 20.7 Å². The summed E-state index contributed by atoms with van der Waals surface area (Å²) in [6.45, 7) is 4.82. The summed E-state index contributed by atoms with van der Waals surface area (Å²) in [7, 11) is 1.56. The highest BCUT2D eigenvalue weighted by molar-refractivity contribution is 6.09. The Labute approximate surface area is 157 Å². The number of aromatic nitrogens is 1. The molecule has 1 aromatic heterocycles. The second kappa shape index (κ2) is 9.02. The van der Waals surface area contributed by atoms with Gasteiger partial charge in [-0.3, -0.25) is 9.59 Å². The van der Waals surface area contributed by atoms with Gasteiger partial charge in [-0.2, -0.15) is 0 Å². The molecule has 0 fully saturated rings. The summed E-state index contributed by atoms with van der Waals surface area (Å²) in [6, 6.07) is 6.98. The van der Waals surface area contributed by atoms with Crippen molar-refractivity contribution < 1.29 is 28.6 Å². The fraction of sp³-hybridized carbons (Fsp3) is 0.350. The number of carbonyl (C=O) groups excluding carboxylic acids is 3. The molecule has 0 unspecified atom stereocenters. The molecule has 0 atom stereocenters. The van der Waals surface area contributed by atoms with Crippen molar-refractivity contribution in [2.45, 2.75) is 27.2 Å². The zero-order valence-corrected chi connectivity index (χ0v) is 15.9. The smallest absolute Gasteiger partial charge is 0.340 e. The largest absolute Gasteiger partial charge is 0.497 e. The average molecular weight is 373 g/mol. The van der Waals surface area contributed by atoms with E-state index in [1.54, 1.807) is 52.1 Å². The number of nitrogens with one attached hydrogen (secondary N) is 1. The van der Waals surface area contributed by atoms with E-state index in [1.807, 2.05) is 0 Å². The number of methoxy groups -OCH3 is 1. The summed E-state index contributed by atoms with van der Waals surface area (Å²) in [4.78, 5) is 39.6. The first-order chi connectivity index (χ1) is 12.9. The van der Waals surface area contributed by atoms with E-state index in [2.05, 4.69) is 4.98 Å². The molecule has 0 spiro atoms. The lowest BCUT2D eigenvalue weighted by molar-refractivity contribution is -0.141. The van der Waals surface area contributed by atoms with Gasteiger partial charge in [0.2, 0.25) is 5.78 Å². The summed E-state index contributed by atoms with van der Waals surface area (Å²) < 4.78 is 15.2. The highest BCUT2D eigenvalue weighted by atomic mass is 16.5. The summed E-state index contributed by atoms with van der Waals surface area (Å²) in [5.41, 5.74) is 2.20. The zero-order valence-electron chi connectivity index (χ0n) is 15.9. The number of benzene rings is 1. The minimum absolute atomic E-state index is 0.0349. The van der Waals surface area contributed by atoms with Crippen molar-refractivity contribution in [3.8, 4) is 5.75 Å². The van der Waals surface area contributed by atoms with Gasteiger partial charge in [-0.05, 0) is 38.5 Å². The van der Waals surface area contributed by atoms with E-state index in [1.165, 1.54) is 0 Å². The number of hydrogen-bond donors (Lipinski definition) is 1. The van der Waals surface area contributed by atoms with E-state index in [9.17, 15) is 14.4 Å². The summed E-state index contributed by atoms with van der Waals surface area (Å²) >= 11 is 0. The number of hydrogen-bond acceptors (Lipinski definition) is 6. The number of aromatic amines is 1. The fourth-order valence-corrected chi connectivity index (χ4v) is 2.77. The highest BCUT2D eigenvalue weighted by Crippen LogP contribution is 2.20. The van der Waals surface area contributed by atoms with Crippen LogP contribution >= 0.6 is 0 Å². The summed E-state index contributed by atoms with van der Waals surface area (Å²) in [5.74, 6) is -0.876. The molecule has 1 aromatic carbocycles. The monoisotopic (exact) mass is 373 g/mol. The van der Waals surface area contributed by atoms with Gasteiger partial charge in [0, 0.05) is 11.4 Å². The number of rotatable bonds is 8. The van der Waals surface area contributed by atoms with Gasteiger partial charge in [-0.15, -0.1) is 0 Å². The number of ketones is 1. The van der Waals surface area contributed by atoms with Crippen LogP contribution in [0.2, 0.25) is 0 Å². The molecule has 2 rings (SSSR count). The molecular weight excluding hydrogens is 350 g/mol. The Kier molecular flexibility index (Phi) is 6.76. The predicted octanol–water partition coefficient (Wildman–Crippen LogP) is 2.79. The predicted molar refractivity (Wildman–Crippen MR) is 98.2 cm³/mol. The van der Waals surface area contributed by atoms with Gasteiger partial charge in [0.25, 0.3) is 0 Å². The van der Waals surface area contributed by atoms with Crippen molar-refractivity contribution in [1.82, 2.24) is 4.98 Å². The van der Waals surface area contributed by atoms with Crippen LogP contribution in [-0.4, -0.2) is 43.0 Å². The Morgan fingerprint density at radius 2 is 1.59 bits per heavy atom. The molecule has 0 aliphatic heterocycles. The van der Waals surface area contributed by atoms with Gasteiger partial charge in [0.05, 0.1) is 31.3 Å². The third-order valence-electron chi connectivity index (χ3n) is 4.01. The molecule has 7 heteroatoms. The lowest BCUT2D eigenvalue weighted by atomic mass is 10.1. The van der Waals surface area contributed by atoms with Crippen LogP contribution in [0.5, 0.6) is 5.75 Å². The quantitative estimate of drug-likeness (QED) is 0.565. The van der Waals surface area contributed by atoms with E-state index in [4.69, 9.17) is 14.2 Å². The molecule has 0 saturated heterocycles. The molecule has 0 aliphatic carbocycles. The third kappa shape index (κ3) is 4.97. The minimum Gasteiger partial charge on any atom is -0.497 e. The lowest BCUT2D eigenvalue weighted by Crippen LogP contribution is -2.19. The Bertz CT molecular complexity index is 835. The first-order valence-electron chi connectivity index (χ1n) is 8.55. The van der Waals surface area contributed by atoms with Crippen molar-refractivity contribution >= 4 is 17.7 Å². The van der Waals surface area contributed by atoms with Crippen molar-refractivity contribution in [2.24, 2.45) is 0 Å². The number of aryl methyl sites for hydroxylation is 2. The second-order valence-electron chi connectivity index (χ2n) is 5.95. The highest BCUT2D eigenvalue weighted by Gasteiger charge is 2.26. The lowest BCUT2D eigenvalue weighted by Gasteiger charge is -2.07. The van der Waals surface area contributed by atoms with Crippen LogP contribution in [0.4, 0.5) is 0 Å². The van der Waals surface area contributed by atoms with Gasteiger partial charge in [0.15, 0.2) is 6.61 Å². The van der Waals surface area contributed by atoms with Crippen molar-refractivity contribution in [3.63, 3.8) is 0 Å². The van der Waals surface area contributed by atoms with Crippen LogP contribution < -0.4 is 4.74 Å². The van der Waals surface area contributed by atoms with Crippen LogP contribution in [0.15, 0.2) is 24.3 Å². The van der Waals surface area contributed by atoms with E-state index in [0.29, 0.717) is 17.1 Å². The Hall–Kier alpha value is -3.09. The van der Waals surface area contributed by atoms with Gasteiger partial charge in [-0.25, -0.2) is 4.79 Å². The standard InChI is InChI=1S/C20H23NO6/c1-5-26-20(24)19-13(3)21-12(2)18(19)16(22)11-27-17(23)10-14-6-8-15(25-4)9-7-14/h6-9,21H,5,10-11H2,1-4H3. The molecule has 0 amide bonds. The molecule has 0 aliphatic rings. The zero-order chi connectivity index (χ0) is 20.0. The van der Waals surface area contributed by atoms with Crippen LogP contribution in [0.25, 0.3) is 0 Å². The molecule has 144 valence electrons. The topological polar surface area (TPSA) is 94.7 Å². The SMILES string of the molecule is CCOC(=O)c1c(C)[nH]c(C)c1C(=O)COC(=O)Cc1ccc(OC)cc1. The molecule has 0 bridgehead atoms. The number of H-pyrrole nitrogens is 1. The maximum absolute atomic E-state index is 12.5. The summed E-state index contributed by atoms with van der Waals surface area (Å²) in [6.07, 6.45) is 0.0349. The van der Waals surface area contributed by atoms with Crippen LogP contribution in [0, 0.1) is 13.8 Å². The molecular formula is C20H23NO6. The van der Waals surface area contributed by atoms with Crippen molar-refractivity contribution in [1.29, 1.82) is 0 Å². The molecule has 7 nitrogen and oxygen atoms in total. The first kappa shape index (κ1) is 20.2. The molecule has 2 aromatic rings. The minimum atomic E-state index is -0.577. The Balaban J connectivity index is 2.02. The van der Waals surface area contributed by atoms with E-state index < -0.39 is 24.3 Å². The van der Waals surface area contributed by atoms with Crippen LogP contribution in [0.3, 0.4) is 0 Å². The molecule has 1 heterocycles. The second-order valence-corrected chi connectivity index (χ2v) is 5.95. The van der Waals surface area contributed by atoms with Gasteiger partial charge < -0.3 is 19.2 Å². The molecule has 0 saturated carbocycles. The molecule has 0 radical (unpaired) electrons. The van der Waals surface area contributed by atoms with Gasteiger partial charge >= 0.3 is 11.9 Å². The van der Waals surface area contributed by atoms with Gasteiger partial charge in [0.1, 0.15) is 5.75 Å². The van der Waals surface area contributed by atoms with E-state index >= 15 is 0 Å². The summed E-state index contributed by atoms with van der Waals surface area (Å²) in [5, 5.41) is 0. The first-order valence-corrected chi connectivity index (χ1v) is 8.55. The number of ether oxygens (including phenoxy) is 3. The molecule has 27 heavy (non-hydrogen) atoms. The van der Waals surface area contributed by atoms with E-state index in [-0.39, 0.29) is 24.2 Å². The third-order valence-corrected chi connectivity index (χ3v) is 4.01. The van der Waals surface area contributed by atoms with Crippen molar-refractivity contribution in [3.05, 3.63) is 52.3 Å². The van der Waals surface area contributed by atoms with E-state index in [0.717, 1.165) is 5.56 Å². The van der Waals surface area contributed by atoms with Crippen molar-refractivity contribution in [2.75, 3.05) is 20.3 Å². The fourth-order valence-electron chi connectivity index (χ4n) is 2.77. The number of esters is 2.